The van der Waals surface area contributed by atoms with E-state index < -0.39 is 6.04 Å². The lowest BCUT2D eigenvalue weighted by Crippen LogP contribution is -2.16. The smallest absolute Gasteiger partial charge is 0.245 e. The molecule has 1 aliphatic rings. The van der Waals surface area contributed by atoms with Gasteiger partial charge in [-0.05, 0) is 30.4 Å². The van der Waals surface area contributed by atoms with Crippen LogP contribution in [0.25, 0.3) is 0 Å². The van der Waals surface area contributed by atoms with Gasteiger partial charge >= 0.3 is 0 Å². The first-order valence-corrected chi connectivity index (χ1v) is 6.54. The summed E-state index contributed by atoms with van der Waals surface area (Å²) in [6, 6.07) is 7.88. The van der Waals surface area contributed by atoms with Crippen LogP contribution in [0.4, 0.5) is 0 Å². The number of aliphatic hydroxyl groups excluding tert-OH is 1. The molecule has 0 aliphatic heterocycles. The second kappa shape index (κ2) is 5.11. The van der Waals surface area contributed by atoms with Gasteiger partial charge in [-0.25, -0.2) is 0 Å². The lowest BCUT2D eigenvalue weighted by molar-refractivity contribution is 0.236. The Labute approximate surface area is 111 Å². The molecule has 1 aromatic heterocycles. The molecule has 0 amide bonds. The number of nitrogens with zero attached hydrogens (tertiary/aromatic N) is 2. The summed E-state index contributed by atoms with van der Waals surface area (Å²) in [5, 5.41) is 13.0. The molecule has 3 rings (SSSR count). The normalized spacial score (nSPS) is 20.0. The van der Waals surface area contributed by atoms with Crippen molar-refractivity contribution in [3.05, 3.63) is 47.1 Å². The van der Waals surface area contributed by atoms with Crippen LogP contribution in [-0.4, -0.2) is 21.9 Å². The maximum Gasteiger partial charge on any atom is 0.245 e. The summed E-state index contributed by atoms with van der Waals surface area (Å²) < 4.78 is 5.11. The fraction of sp³-hybridized carbons (Fsp3) is 0.429. The second-order valence-electron chi connectivity index (χ2n) is 4.99. The van der Waals surface area contributed by atoms with E-state index in [4.69, 9.17) is 15.4 Å². The van der Waals surface area contributed by atoms with Crippen molar-refractivity contribution in [2.45, 2.75) is 31.2 Å². The van der Waals surface area contributed by atoms with Gasteiger partial charge in [0.25, 0.3) is 0 Å². The lowest BCUT2D eigenvalue weighted by Gasteiger charge is -2.21. The molecule has 5 nitrogen and oxygen atoms in total. The summed E-state index contributed by atoms with van der Waals surface area (Å²) in [5.41, 5.74) is 8.44. The Morgan fingerprint density at radius 1 is 1.37 bits per heavy atom. The van der Waals surface area contributed by atoms with Crippen LogP contribution in [0.1, 0.15) is 41.2 Å². The largest absolute Gasteiger partial charge is 0.394 e. The average Bonchev–Trinajstić information content (AvgIpc) is 2.95. The Hall–Kier alpha value is -1.72. The minimum atomic E-state index is -0.586. The maximum atomic E-state index is 8.99. The van der Waals surface area contributed by atoms with Crippen LogP contribution in [0, 0.1) is 0 Å². The number of aryl methyl sites for hydroxylation is 1. The zero-order valence-corrected chi connectivity index (χ0v) is 10.6. The molecule has 0 fully saturated rings. The lowest BCUT2D eigenvalue weighted by atomic mass is 9.83. The number of benzene rings is 1. The minimum Gasteiger partial charge on any atom is -0.394 e. The van der Waals surface area contributed by atoms with E-state index in [0.717, 1.165) is 19.3 Å². The molecule has 19 heavy (non-hydrogen) atoms. The third-order valence-corrected chi connectivity index (χ3v) is 3.68. The summed E-state index contributed by atoms with van der Waals surface area (Å²) in [5.74, 6) is 1.29. The van der Waals surface area contributed by atoms with Gasteiger partial charge in [-0.15, -0.1) is 0 Å². The quantitative estimate of drug-likeness (QED) is 0.868. The molecule has 0 radical (unpaired) electrons. The van der Waals surface area contributed by atoms with E-state index in [-0.39, 0.29) is 12.5 Å². The van der Waals surface area contributed by atoms with Crippen LogP contribution >= 0.6 is 0 Å². The van der Waals surface area contributed by atoms with E-state index in [1.807, 2.05) is 0 Å². The highest BCUT2D eigenvalue weighted by molar-refractivity contribution is 5.31. The fourth-order valence-electron chi connectivity index (χ4n) is 2.56. The van der Waals surface area contributed by atoms with Crippen molar-refractivity contribution < 1.29 is 9.63 Å². The Morgan fingerprint density at radius 2 is 2.16 bits per heavy atom. The fourth-order valence-corrected chi connectivity index (χ4v) is 2.56. The van der Waals surface area contributed by atoms with Crippen LogP contribution in [0.3, 0.4) is 0 Å². The first kappa shape index (κ1) is 12.3. The van der Waals surface area contributed by atoms with E-state index >= 15 is 0 Å². The summed E-state index contributed by atoms with van der Waals surface area (Å²) in [4.78, 5) is 4.31. The summed E-state index contributed by atoms with van der Waals surface area (Å²) in [6.07, 6.45) is 2.99. The van der Waals surface area contributed by atoms with Crippen molar-refractivity contribution >= 4 is 0 Å². The van der Waals surface area contributed by atoms with E-state index in [1.54, 1.807) is 0 Å². The predicted molar refractivity (Wildman–Crippen MR) is 69.5 cm³/mol. The molecule has 1 heterocycles. The molecule has 0 bridgehead atoms. The van der Waals surface area contributed by atoms with E-state index in [1.165, 1.54) is 11.1 Å². The Bertz CT molecular complexity index is 567. The third kappa shape index (κ3) is 2.39. The zero-order chi connectivity index (χ0) is 13.2. The Morgan fingerprint density at radius 3 is 2.95 bits per heavy atom. The van der Waals surface area contributed by atoms with Gasteiger partial charge in [0, 0.05) is 5.92 Å². The number of hydrogen-bond donors (Lipinski definition) is 2. The molecule has 1 aliphatic carbocycles. The predicted octanol–water partition coefficient (Wildman–Crippen LogP) is 1.33. The summed E-state index contributed by atoms with van der Waals surface area (Å²) in [6.45, 7) is -0.185. The molecule has 100 valence electrons. The van der Waals surface area contributed by atoms with Crippen LogP contribution in [0.15, 0.2) is 28.8 Å². The van der Waals surface area contributed by atoms with Crippen molar-refractivity contribution in [3.8, 4) is 0 Å². The standard InChI is InChI=1S/C14H17N3O2/c15-12(8-18)14-16-13(17-19-14)11-6-5-9-3-1-2-4-10(9)7-11/h1-4,11-12,18H,5-8,15H2. The van der Waals surface area contributed by atoms with Gasteiger partial charge in [-0.1, -0.05) is 29.4 Å². The van der Waals surface area contributed by atoms with Gasteiger partial charge in [-0.3, -0.25) is 0 Å². The number of nitrogens with two attached hydrogens (primary N) is 1. The number of aromatic nitrogens is 2. The van der Waals surface area contributed by atoms with Crippen LogP contribution < -0.4 is 5.73 Å². The van der Waals surface area contributed by atoms with Gasteiger partial charge in [0.1, 0.15) is 6.04 Å². The highest BCUT2D eigenvalue weighted by Gasteiger charge is 2.25. The zero-order valence-electron chi connectivity index (χ0n) is 10.6. The first-order chi connectivity index (χ1) is 9.28. The molecule has 0 saturated carbocycles. The van der Waals surface area contributed by atoms with Gasteiger partial charge < -0.3 is 15.4 Å². The topological polar surface area (TPSA) is 85.2 Å². The molecule has 3 N–H and O–H groups in total. The number of fused-ring (bicyclic) bond motifs is 1. The van der Waals surface area contributed by atoms with Crippen LogP contribution in [-0.2, 0) is 12.8 Å². The molecule has 0 saturated heterocycles. The maximum absolute atomic E-state index is 8.99. The number of rotatable bonds is 3. The van der Waals surface area contributed by atoms with Gasteiger partial charge in [0.2, 0.25) is 5.89 Å². The monoisotopic (exact) mass is 259 g/mol. The molecule has 1 aromatic carbocycles. The number of aliphatic hydroxyl groups is 1. The van der Waals surface area contributed by atoms with E-state index in [2.05, 4.69) is 34.4 Å². The molecular weight excluding hydrogens is 242 g/mol. The highest BCUT2D eigenvalue weighted by Crippen LogP contribution is 2.31. The molecule has 2 aromatic rings. The third-order valence-electron chi connectivity index (χ3n) is 3.68. The van der Waals surface area contributed by atoms with Crippen molar-refractivity contribution in [3.63, 3.8) is 0 Å². The second-order valence-corrected chi connectivity index (χ2v) is 4.99. The Balaban J connectivity index is 1.79. The van der Waals surface area contributed by atoms with Crippen molar-refractivity contribution in [1.29, 1.82) is 0 Å². The van der Waals surface area contributed by atoms with Crippen molar-refractivity contribution in [1.82, 2.24) is 10.1 Å². The van der Waals surface area contributed by atoms with Gasteiger partial charge in [0.15, 0.2) is 5.82 Å². The molecule has 5 heteroatoms. The SMILES string of the molecule is NC(CO)c1nc(C2CCc3ccccc3C2)no1. The molecule has 0 spiro atoms. The summed E-state index contributed by atoms with van der Waals surface area (Å²) in [7, 11) is 0. The Kier molecular flexibility index (Phi) is 3.31. The van der Waals surface area contributed by atoms with E-state index in [0.29, 0.717) is 11.7 Å². The molecular formula is C14H17N3O2. The highest BCUT2D eigenvalue weighted by atomic mass is 16.5. The van der Waals surface area contributed by atoms with Crippen molar-refractivity contribution in [2.75, 3.05) is 6.61 Å². The summed E-state index contributed by atoms with van der Waals surface area (Å²) >= 11 is 0. The number of hydrogen-bond acceptors (Lipinski definition) is 5. The average molecular weight is 259 g/mol. The molecule has 2 atom stereocenters. The van der Waals surface area contributed by atoms with Gasteiger partial charge in [-0.2, -0.15) is 4.98 Å². The van der Waals surface area contributed by atoms with Gasteiger partial charge in [0.05, 0.1) is 6.61 Å². The minimum absolute atomic E-state index is 0.185. The first-order valence-electron chi connectivity index (χ1n) is 6.54. The van der Waals surface area contributed by atoms with Crippen LogP contribution in [0.2, 0.25) is 0 Å². The van der Waals surface area contributed by atoms with Crippen molar-refractivity contribution in [2.24, 2.45) is 5.73 Å². The molecule has 2 unspecified atom stereocenters. The van der Waals surface area contributed by atoms with E-state index in [9.17, 15) is 0 Å². The van der Waals surface area contributed by atoms with Crippen LogP contribution in [0.5, 0.6) is 0 Å².